The Kier molecular flexibility index (Phi) is 13.1. The van der Waals surface area contributed by atoms with E-state index < -0.39 is 5.60 Å². The Balaban J connectivity index is 0. The van der Waals surface area contributed by atoms with Gasteiger partial charge in [-0.05, 0) is 26.2 Å². The van der Waals surface area contributed by atoms with Crippen molar-refractivity contribution in [3.8, 4) is 0 Å². The fourth-order valence-corrected chi connectivity index (χ4v) is 1.85. The number of hydrogen-bond acceptors (Lipinski definition) is 1. The van der Waals surface area contributed by atoms with Gasteiger partial charge in [-0.3, -0.25) is 0 Å². The van der Waals surface area contributed by atoms with E-state index in [9.17, 15) is 5.11 Å². The number of unbranched alkanes of at least 4 members (excludes halogenated alkanes) is 5. The number of rotatable bonds is 7. The van der Waals surface area contributed by atoms with Crippen LogP contribution >= 0.6 is 0 Å². The minimum atomic E-state index is -0.478. The van der Waals surface area contributed by atoms with Gasteiger partial charge in [-0.1, -0.05) is 66.2 Å². The molecule has 0 saturated carbocycles. The van der Waals surface area contributed by atoms with Gasteiger partial charge < -0.3 is 5.11 Å². The van der Waals surface area contributed by atoms with E-state index in [0.717, 1.165) is 6.42 Å². The third-order valence-electron chi connectivity index (χ3n) is 2.36. The summed E-state index contributed by atoms with van der Waals surface area (Å²) in [6.45, 7) is 12.4. The molecule has 100 valence electrons. The molecule has 0 atom stereocenters. The van der Waals surface area contributed by atoms with Crippen LogP contribution in [0.25, 0.3) is 0 Å². The van der Waals surface area contributed by atoms with E-state index in [1.54, 1.807) is 0 Å². The first kappa shape index (κ1) is 18.3. The van der Waals surface area contributed by atoms with Crippen molar-refractivity contribution in [3.63, 3.8) is 0 Å². The second kappa shape index (κ2) is 11.4. The highest BCUT2D eigenvalue weighted by atomic mass is 16.3. The molecule has 0 spiro atoms. The molecular weight excluding hydrogens is 196 g/mol. The Bertz CT molecular complexity index is 116. The maximum Gasteiger partial charge on any atom is 0.0594 e. The van der Waals surface area contributed by atoms with Crippen LogP contribution in [0.4, 0.5) is 0 Å². The molecule has 0 aromatic rings. The first-order valence-electron chi connectivity index (χ1n) is 7.05. The average molecular weight is 230 g/mol. The molecule has 0 rings (SSSR count). The number of aliphatic hydroxyl groups is 1. The summed E-state index contributed by atoms with van der Waals surface area (Å²) in [5, 5.41) is 9.19. The molecule has 0 unspecified atom stereocenters. The Morgan fingerprint density at radius 2 is 1.25 bits per heavy atom. The molecule has 0 heterocycles. The summed E-state index contributed by atoms with van der Waals surface area (Å²) in [4.78, 5) is 0. The van der Waals surface area contributed by atoms with Crippen LogP contribution in [0, 0.1) is 5.92 Å². The predicted molar refractivity (Wildman–Crippen MR) is 74.8 cm³/mol. The summed E-state index contributed by atoms with van der Waals surface area (Å²) in [7, 11) is 0. The summed E-state index contributed by atoms with van der Waals surface area (Å²) in [5.74, 6) is 0.593. The topological polar surface area (TPSA) is 20.2 Å². The van der Waals surface area contributed by atoms with Gasteiger partial charge in [0.1, 0.15) is 0 Å². The van der Waals surface area contributed by atoms with Crippen LogP contribution in [0.15, 0.2) is 0 Å². The van der Waals surface area contributed by atoms with Crippen LogP contribution in [-0.4, -0.2) is 10.7 Å². The fraction of sp³-hybridized carbons (Fsp3) is 1.00. The standard InChI is InChI=1S/C8H18.C7H16O/c1-3-5-7-8-6-4-2;1-6(2)5-7(3,4)8/h3-8H2,1-2H3;6,8H,5H2,1-4H3. The third kappa shape index (κ3) is 23.6. The van der Waals surface area contributed by atoms with Crippen molar-refractivity contribution in [2.45, 2.75) is 92.1 Å². The summed E-state index contributed by atoms with van der Waals surface area (Å²) in [6, 6.07) is 0. The second-order valence-corrected chi connectivity index (χ2v) is 5.82. The summed E-state index contributed by atoms with van der Waals surface area (Å²) in [6.07, 6.45) is 9.37. The quantitative estimate of drug-likeness (QED) is 0.598. The number of hydrogen-bond donors (Lipinski definition) is 1. The van der Waals surface area contributed by atoms with Crippen molar-refractivity contribution < 1.29 is 5.11 Å². The van der Waals surface area contributed by atoms with Crippen LogP contribution in [0.3, 0.4) is 0 Å². The second-order valence-electron chi connectivity index (χ2n) is 5.82. The monoisotopic (exact) mass is 230 g/mol. The molecule has 0 aliphatic carbocycles. The molecule has 0 fully saturated rings. The Morgan fingerprint density at radius 3 is 1.38 bits per heavy atom. The van der Waals surface area contributed by atoms with Gasteiger partial charge in [0.15, 0.2) is 0 Å². The first-order chi connectivity index (χ1) is 7.33. The van der Waals surface area contributed by atoms with Gasteiger partial charge >= 0.3 is 0 Å². The lowest BCUT2D eigenvalue weighted by molar-refractivity contribution is 0.0579. The zero-order valence-corrected chi connectivity index (χ0v) is 12.5. The van der Waals surface area contributed by atoms with Crippen LogP contribution in [0.5, 0.6) is 0 Å². The molecule has 0 aromatic carbocycles. The minimum Gasteiger partial charge on any atom is -0.390 e. The molecule has 0 bridgehead atoms. The lowest BCUT2D eigenvalue weighted by atomic mass is 9.97. The van der Waals surface area contributed by atoms with Gasteiger partial charge in [0.25, 0.3) is 0 Å². The lowest BCUT2D eigenvalue weighted by Crippen LogP contribution is -2.20. The van der Waals surface area contributed by atoms with Gasteiger partial charge in [-0.2, -0.15) is 0 Å². The molecule has 1 N–H and O–H groups in total. The van der Waals surface area contributed by atoms with Crippen molar-refractivity contribution >= 4 is 0 Å². The zero-order chi connectivity index (χ0) is 13.0. The highest BCUT2D eigenvalue weighted by molar-refractivity contribution is 4.66. The van der Waals surface area contributed by atoms with Crippen LogP contribution in [0.1, 0.15) is 86.5 Å². The fourth-order valence-electron chi connectivity index (χ4n) is 1.85. The van der Waals surface area contributed by atoms with Crippen molar-refractivity contribution in [3.05, 3.63) is 0 Å². The molecular formula is C15H34O. The molecule has 0 radical (unpaired) electrons. The maximum absolute atomic E-state index is 9.19. The van der Waals surface area contributed by atoms with E-state index >= 15 is 0 Å². The van der Waals surface area contributed by atoms with Crippen LogP contribution in [0.2, 0.25) is 0 Å². The Morgan fingerprint density at radius 1 is 0.875 bits per heavy atom. The lowest BCUT2D eigenvalue weighted by Gasteiger charge is -2.18. The predicted octanol–water partition coefficient (Wildman–Crippen LogP) is 5.17. The molecule has 1 heteroatoms. The van der Waals surface area contributed by atoms with Crippen LogP contribution < -0.4 is 0 Å². The normalized spacial score (nSPS) is 11.2. The molecule has 0 aromatic heterocycles. The van der Waals surface area contributed by atoms with Gasteiger partial charge in [-0.15, -0.1) is 0 Å². The summed E-state index contributed by atoms with van der Waals surface area (Å²) >= 11 is 0. The average Bonchev–Trinajstić information content (AvgIpc) is 2.09. The minimum absolute atomic E-state index is 0.478. The largest absolute Gasteiger partial charge is 0.390 e. The SMILES string of the molecule is CC(C)CC(C)(C)O.CCCCCCCC. The molecule has 0 saturated heterocycles. The van der Waals surface area contributed by atoms with Gasteiger partial charge in [0.05, 0.1) is 5.60 Å². The van der Waals surface area contributed by atoms with Crippen molar-refractivity contribution in [2.24, 2.45) is 5.92 Å². The van der Waals surface area contributed by atoms with Gasteiger partial charge in [0, 0.05) is 0 Å². The van der Waals surface area contributed by atoms with Crippen LogP contribution in [-0.2, 0) is 0 Å². The molecule has 0 amide bonds. The third-order valence-corrected chi connectivity index (χ3v) is 2.36. The van der Waals surface area contributed by atoms with E-state index in [4.69, 9.17) is 0 Å². The highest BCUT2D eigenvalue weighted by Gasteiger charge is 2.13. The van der Waals surface area contributed by atoms with E-state index in [2.05, 4.69) is 27.7 Å². The van der Waals surface area contributed by atoms with E-state index in [1.165, 1.54) is 38.5 Å². The van der Waals surface area contributed by atoms with Crippen molar-refractivity contribution in [2.75, 3.05) is 0 Å². The zero-order valence-electron chi connectivity index (χ0n) is 12.5. The smallest absolute Gasteiger partial charge is 0.0594 e. The van der Waals surface area contributed by atoms with E-state index in [1.807, 2.05) is 13.8 Å². The molecule has 16 heavy (non-hydrogen) atoms. The summed E-state index contributed by atoms with van der Waals surface area (Å²) in [5.41, 5.74) is -0.478. The van der Waals surface area contributed by atoms with E-state index in [0.29, 0.717) is 5.92 Å². The Hall–Kier alpha value is -0.0400. The van der Waals surface area contributed by atoms with Crippen molar-refractivity contribution in [1.29, 1.82) is 0 Å². The van der Waals surface area contributed by atoms with Crippen molar-refractivity contribution in [1.82, 2.24) is 0 Å². The Labute approximate surface area is 104 Å². The maximum atomic E-state index is 9.19. The molecule has 1 nitrogen and oxygen atoms in total. The molecule has 0 aliphatic rings. The molecule has 0 aliphatic heterocycles. The first-order valence-corrected chi connectivity index (χ1v) is 7.05. The van der Waals surface area contributed by atoms with Gasteiger partial charge in [-0.25, -0.2) is 0 Å². The highest BCUT2D eigenvalue weighted by Crippen LogP contribution is 2.13. The van der Waals surface area contributed by atoms with E-state index in [-0.39, 0.29) is 0 Å². The summed E-state index contributed by atoms with van der Waals surface area (Å²) < 4.78 is 0. The van der Waals surface area contributed by atoms with Gasteiger partial charge in [0.2, 0.25) is 0 Å².